The topological polar surface area (TPSA) is 102 Å². The summed E-state index contributed by atoms with van der Waals surface area (Å²) in [6.07, 6.45) is 1.57. The first-order valence-corrected chi connectivity index (χ1v) is 10.0. The third kappa shape index (κ3) is 4.42. The highest BCUT2D eigenvalue weighted by Crippen LogP contribution is 2.33. The summed E-state index contributed by atoms with van der Waals surface area (Å²) in [6, 6.07) is 8.27. The Balaban J connectivity index is 2.00. The number of anilines is 1. The number of aryl methyl sites for hydroxylation is 2. The minimum absolute atomic E-state index is 0.259. The molecule has 0 saturated carbocycles. The van der Waals surface area contributed by atoms with Crippen molar-refractivity contribution in [2.75, 3.05) is 26.6 Å². The summed E-state index contributed by atoms with van der Waals surface area (Å²) in [5.74, 6) is 0.0485. The number of methoxy groups -OCH3 is 2. The maximum absolute atomic E-state index is 13.0. The van der Waals surface area contributed by atoms with Crippen LogP contribution in [0.5, 0.6) is 11.5 Å². The summed E-state index contributed by atoms with van der Waals surface area (Å²) < 4.78 is 10.6. The SMILES string of the molecule is CCc1nc2ccc(C(=O)Nc3cc(OC)c(OC)cc3C(=O)NC)cc2nc1CC. The lowest BCUT2D eigenvalue weighted by Crippen LogP contribution is -2.22. The van der Waals surface area contributed by atoms with Crippen molar-refractivity contribution in [1.29, 1.82) is 0 Å². The van der Waals surface area contributed by atoms with Crippen LogP contribution >= 0.6 is 0 Å². The van der Waals surface area contributed by atoms with Gasteiger partial charge in [0.1, 0.15) is 0 Å². The number of amides is 2. The van der Waals surface area contributed by atoms with E-state index in [9.17, 15) is 9.59 Å². The van der Waals surface area contributed by atoms with Crippen molar-refractivity contribution in [3.8, 4) is 11.5 Å². The maximum Gasteiger partial charge on any atom is 0.255 e. The minimum atomic E-state index is -0.376. The smallest absolute Gasteiger partial charge is 0.255 e. The molecule has 0 radical (unpaired) electrons. The molecule has 31 heavy (non-hydrogen) atoms. The first-order chi connectivity index (χ1) is 14.9. The molecular formula is C23H26N4O4. The van der Waals surface area contributed by atoms with Crippen LogP contribution in [0.15, 0.2) is 30.3 Å². The van der Waals surface area contributed by atoms with Gasteiger partial charge in [-0.3, -0.25) is 9.59 Å². The van der Waals surface area contributed by atoms with Gasteiger partial charge >= 0.3 is 0 Å². The Morgan fingerprint density at radius 2 is 1.48 bits per heavy atom. The average molecular weight is 422 g/mol. The van der Waals surface area contributed by atoms with Gasteiger partial charge in [0, 0.05) is 18.7 Å². The Hall–Kier alpha value is -3.68. The second kappa shape index (κ2) is 9.42. The number of hydrogen-bond donors (Lipinski definition) is 2. The first-order valence-electron chi connectivity index (χ1n) is 10.0. The Morgan fingerprint density at radius 1 is 0.871 bits per heavy atom. The molecule has 1 aromatic heterocycles. The van der Waals surface area contributed by atoms with E-state index in [2.05, 4.69) is 20.6 Å². The second-order valence-electron chi connectivity index (χ2n) is 6.81. The number of nitrogens with one attached hydrogen (secondary N) is 2. The summed E-state index contributed by atoms with van der Waals surface area (Å²) in [7, 11) is 4.48. The monoisotopic (exact) mass is 422 g/mol. The van der Waals surface area contributed by atoms with Crippen LogP contribution < -0.4 is 20.1 Å². The quantitative estimate of drug-likeness (QED) is 0.605. The molecule has 3 rings (SSSR count). The lowest BCUT2D eigenvalue weighted by atomic mass is 10.1. The van der Waals surface area contributed by atoms with Crippen LogP contribution in [0.25, 0.3) is 11.0 Å². The molecule has 8 nitrogen and oxygen atoms in total. The van der Waals surface area contributed by atoms with Crippen molar-refractivity contribution in [2.45, 2.75) is 26.7 Å². The fourth-order valence-electron chi connectivity index (χ4n) is 3.33. The molecular weight excluding hydrogens is 396 g/mol. The van der Waals surface area contributed by atoms with Crippen molar-refractivity contribution in [3.63, 3.8) is 0 Å². The fraction of sp³-hybridized carbons (Fsp3) is 0.304. The van der Waals surface area contributed by atoms with Crippen LogP contribution in [0.4, 0.5) is 5.69 Å². The van der Waals surface area contributed by atoms with Crippen molar-refractivity contribution < 1.29 is 19.1 Å². The number of benzene rings is 2. The number of carbonyl (C=O) groups is 2. The number of aromatic nitrogens is 2. The Kier molecular flexibility index (Phi) is 6.69. The molecule has 1 heterocycles. The second-order valence-corrected chi connectivity index (χ2v) is 6.81. The summed E-state index contributed by atoms with van der Waals surface area (Å²) in [4.78, 5) is 34.7. The van der Waals surface area contributed by atoms with E-state index in [1.54, 1.807) is 24.3 Å². The Labute approximate surface area is 181 Å². The Bertz CT molecular complexity index is 1140. The number of nitrogens with zero attached hydrogens (tertiary/aromatic N) is 2. The van der Waals surface area contributed by atoms with Crippen molar-refractivity contribution in [1.82, 2.24) is 15.3 Å². The van der Waals surface area contributed by atoms with Gasteiger partial charge in [-0.15, -0.1) is 0 Å². The molecule has 0 bridgehead atoms. The van der Waals surface area contributed by atoms with Gasteiger partial charge in [0.05, 0.1) is 47.9 Å². The Morgan fingerprint density at radius 3 is 2.06 bits per heavy atom. The van der Waals surface area contributed by atoms with E-state index in [4.69, 9.17) is 9.47 Å². The molecule has 2 N–H and O–H groups in total. The van der Waals surface area contributed by atoms with E-state index in [1.165, 1.54) is 27.3 Å². The van der Waals surface area contributed by atoms with E-state index < -0.39 is 0 Å². The van der Waals surface area contributed by atoms with Crippen LogP contribution in [0.2, 0.25) is 0 Å². The van der Waals surface area contributed by atoms with Crippen LogP contribution in [0.1, 0.15) is 46.0 Å². The van der Waals surface area contributed by atoms with Crippen LogP contribution in [-0.2, 0) is 12.8 Å². The first kappa shape index (κ1) is 22.0. The molecule has 0 fully saturated rings. The van der Waals surface area contributed by atoms with Gasteiger partial charge in [-0.2, -0.15) is 0 Å². The molecule has 2 aromatic carbocycles. The molecule has 0 atom stereocenters. The normalized spacial score (nSPS) is 10.6. The largest absolute Gasteiger partial charge is 0.493 e. The third-order valence-electron chi connectivity index (χ3n) is 4.99. The molecule has 0 aliphatic rings. The van der Waals surface area contributed by atoms with Gasteiger partial charge in [-0.1, -0.05) is 13.8 Å². The van der Waals surface area contributed by atoms with Crippen molar-refractivity contribution >= 4 is 28.5 Å². The number of carbonyl (C=O) groups excluding carboxylic acids is 2. The van der Waals surface area contributed by atoms with Gasteiger partial charge in [-0.05, 0) is 37.1 Å². The van der Waals surface area contributed by atoms with E-state index >= 15 is 0 Å². The summed E-state index contributed by atoms with van der Waals surface area (Å²) in [5.41, 5.74) is 4.26. The predicted molar refractivity (Wildman–Crippen MR) is 119 cm³/mol. The van der Waals surface area contributed by atoms with E-state index in [1.807, 2.05) is 13.8 Å². The minimum Gasteiger partial charge on any atom is -0.493 e. The zero-order valence-electron chi connectivity index (χ0n) is 18.3. The van der Waals surface area contributed by atoms with Crippen LogP contribution in [0.3, 0.4) is 0 Å². The maximum atomic E-state index is 13.0. The average Bonchev–Trinajstić information content (AvgIpc) is 2.81. The van der Waals surface area contributed by atoms with Gasteiger partial charge < -0.3 is 20.1 Å². The predicted octanol–water partition coefficient (Wildman–Crippen LogP) is 3.38. The van der Waals surface area contributed by atoms with Crippen molar-refractivity contribution in [2.24, 2.45) is 0 Å². The van der Waals surface area contributed by atoms with Gasteiger partial charge in [0.2, 0.25) is 0 Å². The standard InChI is InChI=1S/C23H26N4O4/c1-6-15-16(7-2)26-19-10-13(8-9-17(19)25-15)22(28)27-18-12-21(31-5)20(30-4)11-14(18)23(29)24-3/h8-12H,6-7H2,1-5H3,(H,24,29)(H,27,28). The molecule has 0 saturated heterocycles. The number of hydrogen-bond acceptors (Lipinski definition) is 6. The van der Waals surface area contributed by atoms with Gasteiger partial charge in [0.15, 0.2) is 11.5 Å². The van der Waals surface area contributed by atoms with E-state index in [0.29, 0.717) is 28.3 Å². The number of fused-ring (bicyclic) bond motifs is 1. The lowest BCUT2D eigenvalue weighted by molar-refractivity contribution is 0.0963. The van der Waals surface area contributed by atoms with E-state index in [0.717, 1.165) is 29.7 Å². The highest BCUT2D eigenvalue weighted by atomic mass is 16.5. The van der Waals surface area contributed by atoms with Gasteiger partial charge in [0.25, 0.3) is 11.8 Å². The zero-order valence-corrected chi connectivity index (χ0v) is 18.3. The summed E-state index contributed by atoms with van der Waals surface area (Å²) >= 11 is 0. The summed E-state index contributed by atoms with van der Waals surface area (Å²) in [6.45, 7) is 4.08. The molecule has 0 aliphatic heterocycles. The molecule has 8 heteroatoms. The molecule has 3 aromatic rings. The summed E-state index contributed by atoms with van der Waals surface area (Å²) in [5, 5.41) is 5.37. The van der Waals surface area contributed by atoms with Crippen LogP contribution in [-0.4, -0.2) is 43.0 Å². The zero-order chi connectivity index (χ0) is 22.5. The van der Waals surface area contributed by atoms with Crippen molar-refractivity contribution in [3.05, 3.63) is 52.8 Å². The molecule has 0 spiro atoms. The highest BCUT2D eigenvalue weighted by molar-refractivity contribution is 6.10. The molecule has 2 amide bonds. The van der Waals surface area contributed by atoms with Crippen LogP contribution in [0, 0.1) is 0 Å². The molecule has 162 valence electrons. The third-order valence-corrected chi connectivity index (χ3v) is 4.99. The number of rotatable bonds is 7. The van der Waals surface area contributed by atoms with E-state index in [-0.39, 0.29) is 17.4 Å². The molecule has 0 aliphatic carbocycles. The lowest BCUT2D eigenvalue weighted by Gasteiger charge is -2.15. The fourth-order valence-corrected chi connectivity index (χ4v) is 3.33. The number of ether oxygens (including phenoxy) is 2. The highest BCUT2D eigenvalue weighted by Gasteiger charge is 2.19. The van der Waals surface area contributed by atoms with Gasteiger partial charge in [-0.25, -0.2) is 9.97 Å². The molecule has 0 unspecified atom stereocenters.